The molecule has 42 heavy (non-hydrogen) atoms. The van der Waals surface area contributed by atoms with Crippen molar-refractivity contribution in [2.45, 2.75) is 59.4 Å². The first-order chi connectivity index (χ1) is 19.9. The number of benzene rings is 2. The highest BCUT2D eigenvalue weighted by molar-refractivity contribution is 6.76. The van der Waals surface area contributed by atoms with Crippen LogP contribution in [0.15, 0.2) is 72.8 Å². The first-order valence-corrected chi connectivity index (χ1v) is 18.4. The molecule has 0 radical (unpaired) electrons. The van der Waals surface area contributed by atoms with Crippen molar-refractivity contribution in [2.75, 3.05) is 47.3 Å². The minimum absolute atomic E-state index is 0.0150. The number of allylic oxidation sites excluding steroid dienone is 1. The third-order valence-electron chi connectivity index (χ3n) is 7.28. The van der Waals surface area contributed by atoms with Crippen LogP contribution in [0.1, 0.15) is 50.9 Å². The molecule has 2 aromatic rings. The number of hydrogen-bond acceptors (Lipinski definition) is 7. The number of esters is 2. The van der Waals surface area contributed by atoms with Crippen molar-refractivity contribution < 1.29 is 23.8 Å². The second-order valence-electron chi connectivity index (χ2n) is 12.0. The van der Waals surface area contributed by atoms with Gasteiger partial charge in [-0.25, -0.2) is 4.79 Å². The Morgan fingerprint density at radius 1 is 0.929 bits per heavy atom. The van der Waals surface area contributed by atoms with Crippen LogP contribution in [-0.2, 0) is 23.8 Å². The van der Waals surface area contributed by atoms with E-state index in [9.17, 15) is 9.59 Å². The molecule has 1 aliphatic rings. The average molecular weight is 599 g/mol. The maximum atomic E-state index is 11.7. The summed E-state index contributed by atoms with van der Waals surface area (Å²) in [6, 6.07) is 21.8. The number of carbonyl (C=O) groups is 2. The van der Waals surface area contributed by atoms with Gasteiger partial charge in [0.05, 0.1) is 34.9 Å². The van der Waals surface area contributed by atoms with Gasteiger partial charge in [0.2, 0.25) is 0 Å². The van der Waals surface area contributed by atoms with Gasteiger partial charge >= 0.3 is 11.9 Å². The average Bonchev–Trinajstić information content (AvgIpc) is 3.38. The quantitative estimate of drug-likeness (QED) is 0.130. The van der Waals surface area contributed by atoms with Crippen LogP contribution in [0, 0.1) is 11.8 Å². The fourth-order valence-electron chi connectivity index (χ4n) is 4.94. The van der Waals surface area contributed by atoms with Crippen molar-refractivity contribution in [3.05, 3.63) is 83.9 Å². The maximum Gasteiger partial charge on any atom is 0.330 e. The van der Waals surface area contributed by atoms with E-state index in [0.717, 1.165) is 19.3 Å². The van der Waals surface area contributed by atoms with E-state index in [-0.39, 0.29) is 17.9 Å². The minimum atomic E-state index is -1.11. The molecule has 1 aliphatic heterocycles. The summed E-state index contributed by atoms with van der Waals surface area (Å²) in [5, 5.41) is 0. The van der Waals surface area contributed by atoms with Crippen LogP contribution in [0.2, 0.25) is 19.6 Å². The summed E-state index contributed by atoms with van der Waals surface area (Å²) in [5.74, 6) is -0.00228. The zero-order valence-corrected chi connectivity index (χ0v) is 28.5. The molecule has 1 fully saturated rings. The zero-order chi connectivity index (χ0) is 31.7. The number of methoxy groups -OCH3 is 3. The summed E-state index contributed by atoms with van der Waals surface area (Å²) in [6.07, 6.45) is 4.16. The van der Waals surface area contributed by atoms with Gasteiger partial charge in [0.15, 0.2) is 0 Å². The SMILES string of the molecule is C/C=C/C(=O)OC.COC(=O)C1CN(C(C)c2ccccc2)CC1C.COCN(C[Si](C)(C)C)C(C)c1ccccc1. The molecule has 0 saturated carbocycles. The summed E-state index contributed by atoms with van der Waals surface area (Å²) in [7, 11) is 3.49. The Kier molecular flexibility index (Phi) is 17.2. The highest BCUT2D eigenvalue weighted by Gasteiger charge is 2.37. The van der Waals surface area contributed by atoms with Crippen LogP contribution < -0.4 is 0 Å². The van der Waals surface area contributed by atoms with Gasteiger partial charge in [-0.2, -0.15) is 0 Å². The van der Waals surface area contributed by atoms with Crippen molar-refractivity contribution in [3.8, 4) is 0 Å². The molecule has 8 heteroatoms. The van der Waals surface area contributed by atoms with E-state index in [4.69, 9.17) is 9.47 Å². The molecule has 0 bridgehead atoms. The predicted octanol–water partition coefficient (Wildman–Crippen LogP) is 6.75. The van der Waals surface area contributed by atoms with E-state index >= 15 is 0 Å². The lowest BCUT2D eigenvalue weighted by Gasteiger charge is -2.33. The molecule has 0 amide bonds. The van der Waals surface area contributed by atoms with E-state index in [1.54, 1.807) is 20.1 Å². The summed E-state index contributed by atoms with van der Waals surface area (Å²) in [4.78, 5) is 26.6. The van der Waals surface area contributed by atoms with E-state index in [2.05, 4.69) is 110 Å². The van der Waals surface area contributed by atoms with Crippen molar-refractivity contribution >= 4 is 20.0 Å². The Hall–Kier alpha value is -2.78. The lowest BCUT2D eigenvalue weighted by atomic mass is 9.99. The van der Waals surface area contributed by atoms with Gasteiger partial charge in [0, 0.05) is 38.4 Å². The van der Waals surface area contributed by atoms with Gasteiger partial charge in [-0.3, -0.25) is 14.6 Å². The van der Waals surface area contributed by atoms with Crippen molar-refractivity contribution in [2.24, 2.45) is 11.8 Å². The summed E-state index contributed by atoms with van der Waals surface area (Å²) >= 11 is 0. The lowest BCUT2D eigenvalue weighted by Crippen LogP contribution is -2.42. The molecule has 1 saturated heterocycles. The van der Waals surface area contributed by atoms with E-state index in [0.29, 0.717) is 24.7 Å². The number of hydrogen-bond donors (Lipinski definition) is 0. The summed E-state index contributed by atoms with van der Waals surface area (Å²) in [6.45, 7) is 18.0. The monoisotopic (exact) mass is 598 g/mol. The van der Waals surface area contributed by atoms with Crippen LogP contribution in [-0.4, -0.2) is 77.1 Å². The number of nitrogens with zero attached hydrogens (tertiary/aromatic N) is 2. The Bertz CT molecular complexity index is 1060. The van der Waals surface area contributed by atoms with E-state index in [1.807, 2.05) is 6.07 Å². The molecule has 234 valence electrons. The van der Waals surface area contributed by atoms with Crippen molar-refractivity contribution in [1.82, 2.24) is 9.80 Å². The highest BCUT2D eigenvalue weighted by atomic mass is 28.3. The molecular weight excluding hydrogens is 544 g/mol. The standard InChI is InChI=1S/C15H21NO2.C14H25NOSi.C5H8O2/c1-11-9-16(10-14(11)15(17)18-3)12(2)13-7-5-4-6-8-13;1-13(14-9-7-6-8-10-14)15(11-16-2)12-17(3,4)5;1-3-4-5(6)7-2/h4-8,11-12,14H,9-10H2,1-3H3;6-10,13H,11-12H2,1-5H3;3-4H,1-2H3/b;;4-3+. The molecule has 2 aromatic carbocycles. The van der Waals surface area contributed by atoms with Crippen LogP contribution in [0.5, 0.6) is 0 Å². The third-order valence-corrected chi connectivity index (χ3v) is 8.64. The van der Waals surface area contributed by atoms with Crippen LogP contribution in [0.4, 0.5) is 0 Å². The van der Waals surface area contributed by atoms with Gasteiger partial charge in [-0.05, 0) is 44.0 Å². The Balaban J connectivity index is 0.000000345. The Morgan fingerprint density at radius 2 is 1.48 bits per heavy atom. The lowest BCUT2D eigenvalue weighted by molar-refractivity contribution is -0.146. The number of ether oxygens (including phenoxy) is 3. The Labute approximate surface area is 255 Å². The Morgan fingerprint density at radius 3 is 1.90 bits per heavy atom. The van der Waals surface area contributed by atoms with Gasteiger partial charge in [-0.15, -0.1) is 0 Å². The maximum absolute atomic E-state index is 11.7. The van der Waals surface area contributed by atoms with Crippen molar-refractivity contribution in [1.29, 1.82) is 0 Å². The predicted molar refractivity (Wildman–Crippen MR) is 175 cm³/mol. The topological polar surface area (TPSA) is 68.3 Å². The summed E-state index contributed by atoms with van der Waals surface area (Å²) in [5.41, 5.74) is 2.66. The number of rotatable bonds is 10. The first-order valence-electron chi connectivity index (χ1n) is 14.7. The molecular formula is C34H54N2O5Si. The molecule has 0 spiro atoms. The zero-order valence-electron chi connectivity index (χ0n) is 27.5. The van der Waals surface area contributed by atoms with Gasteiger partial charge in [0.25, 0.3) is 0 Å². The van der Waals surface area contributed by atoms with E-state index < -0.39 is 8.07 Å². The molecule has 0 aliphatic carbocycles. The minimum Gasteiger partial charge on any atom is -0.469 e. The molecule has 0 N–H and O–H groups in total. The van der Waals surface area contributed by atoms with E-state index in [1.165, 1.54) is 31.4 Å². The fourth-order valence-corrected chi connectivity index (χ4v) is 6.52. The summed E-state index contributed by atoms with van der Waals surface area (Å²) < 4.78 is 14.5. The van der Waals surface area contributed by atoms with Gasteiger partial charge < -0.3 is 14.2 Å². The fraction of sp³-hybridized carbons (Fsp3) is 0.529. The van der Waals surface area contributed by atoms with Crippen LogP contribution >= 0.6 is 0 Å². The smallest absolute Gasteiger partial charge is 0.330 e. The third kappa shape index (κ3) is 13.5. The number of likely N-dealkylation sites (tertiary alicyclic amines) is 1. The molecule has 1 heterocycles. The van der Waals surface area contributed by atoms with Crippen molar-refractivity contribution in [3.63, 3.8) is 0 Å². The van der Waals surface area contributed by atoms with Gasteiger partial charge in [-0.1, -0.05) is 93.3 Å². The molecule has 3 rings (SSSR count). The van der Waals surface area contributed by atoms with Crippen LogP contribution in [0.3, 0.4) is 0 Å². The first kappa shape index (κ1) is 37.2. The molecule has 7 nitrogen and oxygen atoms in total. The molecule has 4 unspecified atom stereocenters. The molecule has 4 atom stereocenters. The normalized spacial score (nSPS) is 18.4. The van der Waals surface area contributed by atoms with Crippen LogP contribution in [0.25, 0.3) is 0 Å². The van der Waals surface area contributed by atoms with Gasteiger partial charge in [0.1, 0.15) is 0 Å². The largest absolute Gasteiger partial charge is 0.469 e. The number of carbonyl (C=O) groups excluding carboxylic acids is 2. The highest BCUT2D eigenvalue weighted by Crippen LogP contribution is 2.31. The second kappa shape index (κ2) is 19.4. The second-order valence-corrected chi connectivity index (χ2v) is 17.4. The molecule has 0 aromatic heterocycles.